The molecule has 0 aliphatic heterocycles. The average Bonchev–Trinajstić information content (AvgIpc) is 2.93. The smallest absolute Gasteiger partial charge is 1.00 e. The fourth-order valence-corrected chi connectivity index (χ4v) is 11.1. The minimum atomic E-state index is -1.71. The van der Waals surface area contributed by atoms with Crippen molar-refractivity contribution in [1.82, 2.24) is 0 Å². The zero-order valence-corrected chi connectivity index (χ0v) is 23.3. The van der Waals surface area contributed by atoms with Gasteiger partial charge >= 0.3 is 169 Å². The van der Waals surface area contributed by atoms with E-state index >= 15 is 0 Å². The Morgan fingerprint density at radius 3 is 2.04 bits per heavy atom. The first-order valence-corrected chi connectivity index (χ1v) is 13.5. The van der Waals surface area contributed by atoms with E-state index < -0.39 is 8.07 Å². The Kier molecular flexibility index (Phi) is 14.3. The molecule has 1 aromatic carbocycles. The van der Waals surface area contributed by atoms with Gasteiger partial charge in [-0.05, 0) is 0 Å². The Bertz CT molecular complexity index is 689. The summed E-state index contributed by atoms with van der Waals surface area (Å²) in [5, 5.41) is 3.48. The van der Waals surface area contributed by atoms with Crippen LogP contribution >= 0.6 is 0 Å². The molecular formula is C23H35Cl3SiTi. The Hall–Kier alpha value is 0.501. The van der Waals surface area contributed by atoms with Crippen LogP contribution in [0.15, 0.2) is 32.9 Å². The van der Waals surface area contributed by atoms with Crippen molar-refractivity contribution in [2.75, 3.05) is 0 Å². The Balaban J connectivity index is 0. The zero-order valence-electron chi connectivity index (χ0n) is 18.5. The molecule has 0 saturated carbocycles. The van der Waals surface area contributed by atoms with Crippen LogP contribution in [-0.4, -0.2) is 8.07 Å². The Morgan fingerprint density at radius 1 is 1.04 bits per heavy atom. The van der Waals surface area contributed by atoms with Crippen LogP contribution in [0.3, 0.4) is 0 Å². The fourth-order valence-electron chi connectivity index (χ4n) is 4.85. The second kappa shape index (κ2) is 13.0. The molecule has 0 spiro atoms. The molecule has 2 atom stereocenters. The average molecular weight is 494 g/mol. The normalized spacial score (nSPS) is 16.4. The van der Waals surface area contributed by atoms with Gasteiger partial charge in [0, 0.05) is 0 Å². The molecular weight excluding hydrogens is 459 g/mol. The van der Waals surface area contributed by atoms with Gasteiger partial charge in [0.15, 0.2) is 0 Å². The predicted molar refractivity (Wildman–Crippen MR) is 111 cm³/mol. The van der Waals surface area contributed by atoms with E-state index in [-0.39, 0.29) is 37.2 Å². The molecule has 2 rings (SSSR count). The fraction of sp³-hybridized carbons (Fsp3) is 0.565. The largest absolute Gasteiger partial charge is 1.00 e. The molecule has 1 aromatic rings. The Labute approximate surface area is 205 Å². The second-order valence-electron chi connectivity index (χ2n) is 8.23. The topological polar surface area (TPSA) is 0 Å². The maximum Gasteiger partial charge on any atom is -1.00 e. The number of hydrogen-bond donors (Lipinski definition) is 0. The van der Waals surface area contributed by atoms with E-state index in [1.807, 2.05) is 0 Å². The van der Waals surface area contributed by atoms with E-state index in [9.17, 15) is 0 Å². The summed E-state index contributed by atoms with van der Waals surface area (Å²) in [7, 11) is -1.71. The van der Waals surface area contributed by atoms with Crippen molar-refractivity contribution in [3.05, 3.63) is 49.5 Å². The summed E-state index contributed by atoms with van der Waals surface area (Å²) in [5.41, 5.74) is 6.17. The second-order valence-corrected chi connectivity index (χ2v) is 13.4. The molecule has 0 bridgehead atoms. The third-order valence-corrected chi connectivity index (χ3v) is 11.7. The van der Waals surface area contributed by atoms with Crippen LogP contribution in [0.2, 0.25) is 12.6 Å². The van der Waals surface area contributed by atoms with Gasteiger partial charge in [-0.1, -0.05) is 0 Å². The number of aryl methyl sites for hydroxylation is 3. The van der Waals surface area contributed by atoms with Gasteiger partial charge in [0.2, 0.25) is 0 Å². The first-order valence-electron chi connectivity index (χ1n) is 10.00. The van der Waals surface area contributed by atoms with Crippen molar-refractivity contribution < 1.29 is 57.7 Å². The number of benzene rings is 1. The molecule has 0 N–H and O–H groups in total. The molecule has 0 radical (unpaired) electrons. The van der Waals surface area contributed by atoms with Gasteiger partial charge in [0.1, 0.15) is 0 Å². The standard InChI is InChI=1S/C23H35Si.3ClH.Ti/c1-8-10-14-24(7,22-13-11-12-21(22)18(4)9-2)23-19(5)15-17(3)16-20(23)6;;;;/h13,15-16,18H,8-11,14H2,1-7H3;3*1H;/q;;;;+3/p-3. The van der Waals surface area contributed by atoms with Gasteiger partial charge in [-0.2, -0.15) is 0 Å². The van der Waals surface area contributed by atoms with Crippen LogP contribution in [0.25, 0.3) is 0 Å². The third kappa shape index (κ3) is 6.25. The number of allylic oxidation sites excluding steroid dienone is 4. The van der Waals surface area contributed by atoms with Crippen molar-refractivity contribution in [1.29, 1.82) is 0 Å². The quantitative estimate of drug-likeness (QED) is 0.366. The number of halogens is 3. The molecule has 0 aromatic heterocycles. The van der Waals surface area contributed by atoms with Gasteiger partial charge in [0.25, 0.3) is 0 Å². The predicted octanol–water partition coefficient (Wildman–Crippen LogP) is -2.57. The summed E-state index contributed by atoms with van der Waals surface area (Å²) in [5.74, 6) is 0.688. The molecule has 1 aliphatic rings. The van der Waals surface area contributed by atoms with E-state index in [0.717, 1.165) is 0 Å². The molecule has 0 saturated heterocycles. The van der Waals surface area contributed by atoms with Gasteiger partial charge in [-0.25, -0.2) is 0 Å². The number of hydrogen-bond acceptors (Lipinski definition) is 0. The molecule has 1 aliphatic carbocycles. The Morgan fingerprint density at radius 2 is 1.57 bits per heavy atom. The minimum absolute atomic E-state index is 0. The molecule has 28 heavy (non-hydrogen) atoms. The van der Waals surface area contributed by atoms with Crippen molar-refractivity contribution >= 4 is 13.3 Å². The summed E-state index contributed by atoms with van der Waals surface area (Å²) < 4.78 is 1.63. The molecule has 0 nitrogen and oxygen atoms in total. The first-order chi connectivity index (χ1) is 11.8. The summed E-state index contributed by atoms with van der Waals surface area (Å²) in [6, 6.07) is 6.20. The third-order valence-electron chi connectivity index (χ3n) is 6.08. The van der Waals surface area contributed by atoms with Crippen molar-refractivity contribution in [2.24, 2.45) is 5.92 Å². The van der Waals surface area contributed by atoms with E-state index in [4.69, 9.17) is 0 Å². The van der Waals surface area contributed by atoms with Gasteiger partial charge in [-0.3, -0.25) is 0 Å². The maximum absolute atomic E-state index is 2.65. The van der Waals surface area contributed by atoms with Crippen molar-refractivity contribution in [3.63, 3.8) is 0 Å². The van der Waals surface area contributed by atoms with Crippen molar-refractivity contribution in [3.8, 4) is 0 Å². The van der Waals surface area contributed by atoms with Crippen LogP contribution in [0.5, 0.6) is 0 Å². The number of unbranched alkanes of at least 4 members (excludes halogenated alkanes) is 1. The van der Waals surface area contributed by atoms with E-state index in [2.05, 4.69) is 86.7 Å². The van der Waals surface area contributed by atoms with E-state index in [1.54, 1.807) is 19.8 Å². The molecule has 0 heterocycles. The van der Waals surface area contributed by atoms with Crippen molar-refractivity contribution in [2.45, 2.75) is 79.8 Å². The van der Waals surface area contributed by atoms with Gasteiger partial charge in [-0.15, -0.1) is 0 Å². The summed E-state index contributed by atoms with van der Waals surface area (Å²) in [6.07, 6.45) is 7.67. The maximum atomic E-state index is 2.65. The summed E-state index contributed by atoms with van der Waals surface area (Å²) in [6.45, 7) is 16.7. The molecule has 156 valence electrons. The van der Waals surface area contributed by atoms with Gasteiger partial charge in [0.05, 0.1) is 0 Å². The summed E-state index contributed by atoms with van der Waals surface area (Å²) >= 11 is 2.37. The van der Waals surface area contributed by atoms with Crippen LogP contribution in [0.4, 0.5) is 0 Å². The molecule has 0 fully saturated rings. The van der Waals surface area contributed by atoms with E-state index in [1.165, 1.54) is 48.4 Å². The summed E-state index contributed by atoms with van der Waals surface area (Å²) in [4.78, 5) is 0. The number of rotatable bonds is 7. The minimum Gasteiger partial charge on any atom is -1.00 e. The molecule has 2 unspecified atom stereocenters. The SMILES string of the molecule is CCCC[Si](C)(C1=CC[C]([Ti+3])=C1C(C)CC)c1c(C)cc(C)cc1C.[Cl-].[Cl-].[Cl-]. The van der Waals surface area contributed by atoms with Crippen LogP contribution < -0.4 is 42.4 Å². The molecule has 0 amide bonds. The molecule has 5 heteroatoms. The van der Waals surface area contributed by atoms with Crippen LogP contribution in [0, 0.1) is 26.7 Å². The van der Waals surface area contributed by atoms with Gasteiger partial charge < -0.3 is 37.2 Å². The first kappa shape index (κ1) is 30.7. The van der Waals surface area contributed by atoms with Crippen LogP contribution in [0.1, 0.15) is 63.1 Å². The zero-order chi connectivity index (χ0) is 18.8. The monoisotopic (exact) mass is 492 g/mol. The van der Waals surface area contributed by atoms with Crippen LogP contribution in [-0.2, 0) is 20.4 Å². The van der Waals surface area contributed by atoms with E-state index in [0.29, 0.717) is 5.92 Å².